The molecule has 0 aliphatic heterocycles. The molecule has 10 rings (SSSR count). The number of benzene rings is 10. The molecular formula is C60H42F4N4. The molecule has 0 amide bonds. The molecule has 0 saturated heterocycles. The Bertz CT molecular complexity index is 2880. The summed E-state index contributed by atoms with van der Waals surface area (Å²) in [5.41, 5.74) is 9.56. The Morgan fingerprint density at radius 3 is 0.588 bits per heavy atom. The zero-order valence-electron chi connectivity index (χ0n) is 36.5. The van der Waals surface area contributed by atoms with Crippen molar-refractivity contribution in [1.82, 2.24) is 0 Å². The maximum Gasteiger partial charge on any atom is 0.125 e. The molecule has 0 unspecified atom stereocenters. The van der Waals surface area contributed by atoms with E-state index in [1.807, 2.05) is 202 Å². The van der Waals surface area contributed by atoms with Crippen molar-refractivity contribution < 1.29 is 17.6 Å². The van der Waals surface area contributed by atoms with Crippen LogP contribution in [0.5, 0.6) is 0 Å². The Labute approximate surface area is 393 Å². The van der Waals surface area contributed by atoms with Crippen LogP contribution in [-0.2, 0) is 0 Å². The second kappa shape index (κ2) is 19.3. The Morgan fingerprint density at radius 2 is 0.382 bits per heavy atom. The lowest BCUT2D eigenvalue weighted by atomic mass is 9.99. The molecule has 0 heterocycles. The molecule has 0 aromatic heterocycles. The fraction of sp³-hybridized carbons (Fsp3) is 0. The van der Waals surface area contributed by atoms with Crippen LogP contribution in [0.1, 0.15) is 0 Å². The van der Waals surface area contributed by atoms with E-state index in [2.05, 4.69) is 0 Å². The predicted molar refractivity (Wildman–Crippen MR) is 270 cm³/mol. The molecule has 10 aromatic carbocycles. The van der Waals surface area contributed by atoms with E-state index in [1.165, 1.54) is 48.5 Å². The zero-order valence-corrected chi connectivity index (χ0v) is 36.5. The summed E-state index contributed by atoms with van der Waals surface area (Å²) >= 11 is 0. The molecule has 0 radical (unpaired) electrons. The van der Waals surface area contributed by atoms with E-state index in [-0.39, 0.29) is 0 Å². The third-order valence-electron chi connectivity index (χ3n) is 11.5. The molecule has 0 aliphatic rings. The number of hydrogen-bond acceptors (Lipinski definition) is 4. The minimum Gasteiger partial charge on any atom is -0.310 e. The van der Waals surface area contributed by atoms with Gasteiger partial charge in [-0.15, -0.1) is 0 Å². The van der Waals surface area contributed by atoms with Crippen LogP contribution in [-0.4, -0.2) is 0 Å². The Hall–Kier alpha value is -8.88. The topological polar surface area (TPSA) is 13.0 Å². The quantitative estimate of drug-likeness (QED) is 0.107. The first kappa shape index (κ1) is 43.0. The van der Waals surface area contributed by atoms with Crippen molar-refractivity contribution in [3.05, 3.63) is 278 Å². The van der Waals surface area contributed by atoms with Crippen LogP contribution in [0, 0.1) is 23.3 Å². The Balaban J connectivity index is 1.30. The average Bonchev–Trinajstić information content (AvgIpc) is 3.36. The summed E-state index contributed by atoms with van der Waals surface area (Å²) in [6.07, 6.45) is 0. The van der Waals surface area contributed by atoms with Crippen LogP contribution in [0.3, 0.4) is 0 Å². The van der Waals surface area contributed by atoms with Gasteiger partial charge in [0.1, 0.15) is 23.3 Å². The van der Waals surface area contributed by atoms with Crippen LogP contribution in [0.4, 0.5) is 85.8 Å². The van der Waals surface area contributed by atoms with Crippen molar-refractivity contribution in [3.8, 4) is 11.1 Å². The summed E-state index contributed by atoms with van der Waals surface area (Å²) in [6, 6.07) is 76.8. The van der Waals surface area contributed by atoms with Crippen molar-refractivity contribution in [3.63, 3.8) is 0 Å². The van der Waals surface area contributed by atoms with E-state index in [9.17, 15) is 0 Å². The minimum atomic E-state index is -0.403. The Kier molecular flexibility index (Phi) is 12.2. The fourth-order valence-corrected chi connectivity index (χ4v) is 8.60. The van der Waals surface area contributed by atoms with Gasteiger partial charge in [-0.3, -0.25) is 0 Å². The highest BCUT2D eigenvalue weighted by Crippen LogP contribution is 2.47. The van der Waals surface area contributed by atoms with Crippen LogP contribution in [0.25, 0.3) is 11.1 Å². The van der Waals surface area contributed by atoms with Crippen molar-refractivity contribution in [2.45, 2.75) is 0 Å². The highest BCUT2D eigenvalue weighted by Gasteiger charge is 2.24. The van der Waals surface area contributed by atoms with Gasteiger partial charge < -0.3 is 19.6 Å². The molecule has 68 heavy (non-hydrogen) atoms. The fourth-order valence-electron chi connectivity index (χ4n) is 8.60. The third-order valence-corrected chi connectivity index (χ3v) is 11.5. The number of anilines is 12. The smallest absolute Gasteiger partial charge is 0.125 e. The molecule has 0 fully saturated rings. The predicted octanol–water partition coefficient (Wildman–Crippen LogP) is 17.8. The number of rotatable bonds is 13. The lowest BCUT2D eigenvalue weighted by Crippen LogP contribution is -2.15. The molecule has 10 aromatic rings. The SMILES string of the molecule is Fc1cccc(N(c2ccccc2)c2cc(-c3cc(N(c4ccccc4)c4cccc(F)c4)cc(N(c4ccccc4)c4cccc(F)c4)c3)cc(N(c3ccccc3)c3cccc(F)c3)c2)c1. The maximum absolute atomic E-state index is 15.3. The molecular weight excluding hydrogens is 853 g/mol. The summed E-state index contributed by atoms with van der Waals surface area (Å²) < 4.78 is 61.3. The molecule has 0 N–H and O–H groups in total. The number of hydrogen-bond donors (Lipinski definition) is 0. The van der Waals surface area contributed by atoms with Gasteiger partial charge in [-0.2, -0.15) is 0 Å². The zero-order chi connectivity index (χ0) is 46.4. The summed E-state index contributed by atoms with van der Waals surface area (Å²) in [5, 5.41) is 0. The van der Waals surface area contributed by atoms with Crippen molar-refractivity contribution in [1.29, 1.82) is 0 Å². The standard InChI is InChI=1S/C60H42F4N4/c61-45-17-13-29-53(37-45)65(49-21-5-1-6-22-49)57-33-43(34-58(41-57)66(50-23-7-2-8-24-50)54-30-14-18-46(62)38-54)44-35-59(67(51-25-9-3-10-26-51)55-31-15-19-47(63)39-55)42-60(36-44)68(52-27-11-4-12-28-52)56-32-16-20-48(64)40-56/h1-42H. The summed E-state index contributed by atoms with van der Waals surface area (Å²) in [6.45, 7) is 0. The van der Waals surface area contributed by atoms with E-state index in [4.69, 9.17) is 0 Å². The minimum absolute atomic E-state index is 0.403. The van der Waals surface area contributed by atoms with Crippen LogP contribution in [0.15, 0.2) is 255 Å². The van der Waals surface area contributed by atoms with Gasteiger partial charge in [-0.05, 0) is 169 Å². The van der Waals surface area contributed by atoms with Gasteiger partial charge >= 0.3 is 0 Å². The van der Waals surface area contributed by atoms with Gasteiger partial charge in [-0.25, -0.2) is 17.6 Å². The van der Waals surface area contributed by atoms with Crippen LogP contribution < -0.4 is 19.6 Å². The van der Waals surface area contributed by atoms with Gasteiger partial charge in [0.05, 0.1) is 0 Å². The van der Waals surface area contributed by atoms with Crippen molar-refractivity contribution in [2.24, 2.45) is 0 Å². The van der Waals surface area contributed by atoms with Crippen LogP contribution in [0.2, 0.25) is 0 Å². The maximum atomic E-state index is 15.3. The number of halogens is 4. The van der Waals surface area contributed by atoms with Gasteiger partial charge in [0.2, 0.25) is 0 Å². The normalized spacial score (nSPS) is 10.9. The summed E-state index contributed by atoms with van der Waals surface area (Å²) in [4.78, 5) is 7.95. The molecule has 0 atom stereocenters. The van der Waals surface area contributed by atoms with Gasteiger partial charge in [-0.1, -0.05) is 97.1 Å². The van der Waals surface area contributed by atoms with Gasteiger partial charge in [0, 0.05) is 68.2 Å². The van der Waals surface area contributed by atoms with E-state index in [0.717, 1.165) is 33.9 Å². The first-order valence-corrected chi connectivity index (χ1v) is 22.1. The van der Waals surface area contributed by atoms with E-state index >= 15 is 17.6 Å². The van der Waals surface area contributed by atoms with Gasteiger partial charge in [0.15, 0.2) is 0 Å². The first-order chi connectivity index (χ1) is 33.3. The monoisotopic (exact) mass is 894 g/mol. The summed E-state index contributed by atoms with van der Waals surface area (Å²) in [5.74, 6) is -1.61. The van der Waals surface area contributed by atoms with E-state index < -0.39 is 23.3 Å². The Morgan fingerprint density at radius 1 is 0.176 bits per heavy atom. The second-order valence-electron chi connectivity index (χ2n) is 16.1. The molecule has 4 nitrogen and oxygen atoms in total. The van der Waals surface area contributed by atoms with E-state index in [0.29, 0.717) is 45.5 Å². The lowest BCUT2D eigenvalue weighted by Gasteiger charge is -2.32. The highest BCUT2D eigenvalue weighted by molar-refractivity contribution is 5.91. The molecule has 0 spiro atoms. The van der Waals surface area contributed by atoms with Crippen molar-refractivity contribution in [2.75, 3.05) is 19.6 Å². The summed E-state index contributed by atoms with van der Waals surface area (Å²) in [7, 11) is 0. The molecule has 330 valence electrons. The molecule has 0 aliphatic carbocycles. The second-order valence-corrected chi connectivity index (χ2v) is 16.1. The van der Waals surface area contributed by atoms with E-state index in [1.54, 1.807) is 24.3 Å². The van der Waals surface area contributed by atoms with Crippen LogP contribution >= 0.6 is 0 Å². The number of nitrogens with zero attached hydrogens (tertiary/aromatic N) is 4. The molecule has 0 saturated carbocycles. The average molecular weight is 895 g/mol. The first-order valence-electron chi connectivity index (χ1n) is 22.1. The lowest BCUT2D eigenvalue weighted by molar-refractivity contribution is 0.627. The molecule has 8 heteroatoms. The highest BCUT2D eigenvalue weighted by atomic mass is 19.1. The largest absolute Gasteiger partial charge is 0.310 e. The third kappa shape index (κ3) is 9.29. The van der Waals surface area contributed by atoms with Crippen molar-refractivity contribution >= 4 is 68.2 Å². The molecule has 0 bridgehead atoms. The van der Waals surface area contributed by atoms with Gasteiger partial charge in [0.25, 0.3) is 0 Å². The number of para-hydroxylation sites is 4.